The lowest BCUT2D eigenvalue weighted by molar-refractivity contribution is 0.304. The minimum absolute atomic E-state index is 0.0849. The van der Waals surface area contributed by atoms with Gasteiger partial charge in [-0.1, -0.05) is 26.8 Å². The zero-order chi connectivity index (χ0) is 14.8. The molecule has 0 fully saturated rings. The van der Waals surface area contributed by atoms with Crippen LogP contribution in [0.5, 0.6) is 0 Å². The first-order valence-corrected chi connectivity index (χ1v) is 7.55. The smallest absolute Gasteiger partial charge is 0.240 e. The summed E-state index contributed by atoms with van der Waals surface area (Å²) >= 11 is 0. The predicted molar refractivity (Wildman–Crippen MR) is 73.8 cm³/mol. The van der Waals surface area contributed by atoms with Gasteiger partial charge in [0.1, 0.15) is 5.82 Å². The number of sulfonamides is 1. The Hall–Kier alpha value is -0.980. The molecule has 0 heterocycles. The molecule has 0 aliphatic carbocycles. The number of aryl methyl sites for hydroxylation is 1. The minimum atomic E-state index is -3.76. The van der Waals surface area contributed by atoms with Crippen LogP contribution in [-0.4, -0.2) is 21.0 Å². The van der Waals surface area contributed by atoms with E-state index >= 15 is 0 Å². The van der Waals surface area contributed by atoms with E-state index in [1.54, 1.807) is 6.92 Å². The number of nitrogens with two attached hydrogens (primary N) is 1. The van der Waals surface area contributed by atoms with Crippen molar-refractivity contribution in [3.8, 4) is 0 Å². The highest BCUT2D eigenvalue weighted by molar-refractivity contribution is 7.89. The second-order valence-electron chi connectivity index (χ2n) is 5.69. The van der Waals surface area contributed by atoms with Gasteiger partial charge in [0.2, 0.25) is 10.0 Å². The summed E-state index contributed by atoms with van der Waals surface area (Å²) in [4.78, 5) is -0.0849. The molecule has 0 saturated carbocycles. The molecule has 0 aromatic heterocycles. The molecule has 0 amide bonds. The maximum atomic E-state index is 13.4. The fraction of sp³-hybridized carbons (Fsp3) is 0.538. The van der Waals surface area contributed by atoms with Crippen molar-refractivity contribution < 1.29 is 12.8 Å². The van der Waals surface area contributed by atoms with E-state index in [-0.39, 0.29) is 16.9 Å². The Kier molecular flexibility index (Phi) is 4.71. The zero-order valence-corrected chi connectivity index (χ0v) is 12.5. The Bertz CT molecular complexity index is 550. The van der Waals surface area contributed by atoms with Crippen LogP contribution < -0.4 is 10.5 Å². The monoisotopic (exact) mass is 288 g/mol. The Morgan fingerprint density at radius 3 is 2.37 bits per heavy atom. The lowest BCUT2D eigenvalue weighted by Crippen LogP contribution is -2.48. The number of halogens is 1. The fourth-order valence-electron chi connectivity index (χ4n) is 1.57. The molecule has 3 N–H and O–H groups in total. The molecule has 0 bridgehead atoms. The summed E-state index contributed by atoms with van der Waals surface area (Å²) in [6.45, 7) is 7.43. The quantitative estimate of drug-likeness (QED) is 0.887. The molecule has 108 valence electrons. The number of benzene rings is 1. The number of rotatable bonds is 4. The molecular formula is C13H21FN2O2S. The summed E-state index contributed by atoms with van der Waals surface area (Å²) in [6.07, 6.45) is 0. The van der Waals surface area contributed by atoms with Gasteiger partial charge in [0.15, 0.2) is 0 Å². The summed E-state index contributed by atoms with van der Waals surface area (Å²) < 4.78 is 40.3. The van der Waals surface area contributed by atoms with Crippen LogP contribution in [0.25, 0.3) is 0 Å². The third-order valence-corrected chi connectivity index (χ3v) is 4.50. The van der Waals surface area contributed by atoms with Crippen molar-refractivity contribution in [3.63, 3.8) is 0 Å². The van der Waals surface area contributed by atoms with Crippen molar-refractivity contribution in [2.24, 2.45) is 11.1 Å². The van der Waals surface area contributed by atoms with Crippen LogP contribution in [0.3, 0.4) is 0 Å². The first-order chi connectivity index (χ1) is 8.58. The van der Waals surface area contributed by atoms with Crippen LogP contribution in [0.15, 0.2) is 23.1 Å². The fourth-order valence-corrected chi connectivity index (χ4v) is 3.04. The van der Waals surface area contributed by atoms with E-state index in [4.69, 9.17) is 5.73 Å². The Balaban J connectivity index is 3.07. The van der Waals surface area contributed by atoms with Crippen molar-refractivity contribution in [3.05, 3.63) is 29.6 Å². The maximum Gasteiger partial charge on any atom is 0.240 e. The molecule has 19 heavy (non-hydrogen) atoms. The van der Waals surface area contributed by atoms with Gasteiger partial charge in [0.25, 0.3) is 0 Å². The van der Waals surface area contributed by atoms with E-state index in [1.807, 2.05) is 20.8 Å². The third kappa shape index (κ3) is 3.99. The molecule has 1 atom stereocenters. The van der Waals surface area contributed by atoms with E-state index in [0.29, 0.717) is 5.56 Å². The molecule has 1 aromatic rings. The van der Waals surface area contributed by atoms with Gasteiger partial charge < -0.3 is 5.73 Å². The van der Waals surface area contributed by atoms with E-state index in [9.17, 15) is 12.8 Å². The molecule has 1 rings (SSSR count). The first-order valence-electron chi connectivity index (χ1n) is 6.06. The molecule has 1 unspecified atom stereocenters. The summed E-state index contributed by atoms with van der Waals surface area (Å²) in [5.74, 6) is -0.539. The first kappa shape index (κ1) is 16.1. The van der Waals surface area contributed by atoms with Crippen LogP contribution >= 0.6 is 0 Å². The Morgan fingerprint density at radius 2 is 1.95 bits per heavy atom. The van der Waals surface area contributed by atoms with Gasteiger partial charge in [-0.3, -0.25) is 0 Å². The van der Waals surface area contributed by atoms with Gasteiger partial charge in [-0.25, -0.2) is 17.5 Å². The molecule has 0 aliphatic heterocycles. The van der Waals surface area contributed by atoms with Crippen molar-refractivity contribution in [2.75, 3.05) is 6.54 Å². The average Bonchev–Trinajstić information content (AvgIpc) is 2.28. The Morgan fingerprint density at radius 1 is 1.37 bits per heavy atom. The van der Waals surface area contributed by atoms with Crippen LogP contribution in [0.4, 0.5) is 4.39 Å². The number of nitrogens with one attached hydrogen (secondary N) is 1. The van der Waals surface area contributed by atoms with Gasteiger partial charge in [-0.15, -0.1) is 0 Å². The van der Waals surface area contributed by atoms with Crippen molar-refractivity contribution in [1.82, 2.24) is 4.72 Å². The summed E-state index contributed by atoms with van der Waals surface area (Å²) in [5.41, 5.74) is 5.69. The SMILES string of the molecule is Cc1ccc(S(=O)(=O)NC(CN)C(C)(C)C)cc1F. The molecule has 1 aromatic carbocycles. The van der Waals surface area contributed by atoms with Crippen LogP contribution in [0, 0.1) is 18.2 Å². The van der Waals surface area contributed by atoms with Gasteiger partial charge in [-0.2, -0.15) is 0 Å². The number of hydrogen-bond donors (Lipinski definition) is 2. The topological polar surface area (TPSA) is 72.2 Å². The van der Waals surface area contributed by atoms with E-state index < -0.39 is 21.9 Å². The van der Waals surface area contributed by atoms with E-state index in [2.05, 4.69) is 4.72 Å². The molecule has 6 heteroatoms. The zero-order valence-electron chi connectivity index (χ0n) is 11.7. The summed E-state index contributed by atoms with van der Waals surface area (Å²) in [7, 11) is -3.76. The predicted octanol–water partition coefficient (Wildman–Crippen LogP) is 1.79. The van der Waals surface area contributed by atoms with Crippen molar-refractivity contribution in [2.45, 2.75) is 38.6 Å². The molecule has 4 nitrogen and oxygen atoms in total. The molecule has 0 saturated heterocycles. The Labute approximate surface area is 114 Å². The molecule has 0 radical (unpaired) electrons. The normalized spacial score (nSPS) is 14.4. The van der Waals surface area contributed by atoms with E-state index in [0.717, 1.165) is 6.07 Å². The van der Waals surface area contributed by atoms with Gasteiger partial charge in [0, 0.05) is 12.6 Å². The second-order valence-corrected chi connectivity index (χ2v) is 7.40. The molecule has 0 aliphatic rings. The van der Waals surface area contributed by atoms with Crippen LogP contribution in [0.2, 0.25) is 0 Å². The van der Waals surface area contributed by atoms with Gasteiger partial charge >= 0.3 is 0 Å². The van der Waals surface area contributed by atoms with Crippen molar-refractivity contribution in [1.29, 1.82) is 0 Å². The highest BCUT2D eigenvalue weighted by Gasteiger charge is 2.28. The minimum Gasteiger partial charge on any atom is -0.329 e. The van der Waals surface area contributed by atoms with Crippen LogP contribution in [-0.2, 0) is 10.0 Å². The molecule has 0 spiro atoms. The van der Waals surface area contributed by atoms with Gasteiger partial charge in [-0.05, 0) is 30.0 Å². The van der Waals surface area contributed by atoms with Crippen molar-refractivity contribution >= 4 is 10.0 Å². The summed E-state index contributed by atoms with van der Waals surface area (Å²) in [5, 5.41) is 0. The maximum absolute atomic E-state index is 13.4. The lowest BCUT2D eigenvalue weighted by Gasteiger charge is -2.30. The molecular weight excluding hydrogens is 267 g/mol. The highest BCUT2D eigenvalue weighted by atomic mass is 32.2. The number of hydrogen-bond acceptors (Lipinski definition) is 3. The second kappa shape index (κ2) is 5.56. The largest absolute Gasteiger partial charge is 0.329 e. The lowest BCUT2D eigenvalue weighted by atomic mass is 9.88. The summed E-state index contributed by atoms with van der Waals surface area (Å²) in [6, 6.07) is 3.44. The average molecular weight is 288 g/mol. The third-order valence-electron chi connectivity index (χ3n) is 3.03. The van der Waals surface area contributed by atoms with E-state index in [1.165, 1.54) is 12.1 Å². The van der Waals surface area contributed by atoms with Gasteiger partial charge in [0.05, 0.1) is 4.90 Å². The standard InChI is InChI=1S/C13H21FN2O2S/c1-9-5-6-10(7-11(9)14)19(17,18)16-12(8-15)13(2,3)4/h5-7,12,16H,8,15H2,1-4H3. The van der Waals surface area contributed by atoms with Crippen LogP contribution in [0.1, 0.15) is 26.3 Å². The highest BCUT2D eigenvalue weighted by Crippen LogP contribution is 2.21.